The first-order valence-corrected chi connectivity index (χ1v) is 38.2. The molecule has 0 aromatic heterocycles. The highest BCUT2D eigenvalue weighted by atomic mass is 35.5. The van der Waals surface area contributed by atoms with Crippen LogP contribution in [0.2, 0.25) is 10.0 Å². The number of carbonyl (C=O) groups excluding carboxylic acids is 9. The van der Waals surface area contributed by atoms with Crippen LogP contribution in [0.1, 0.15) is 163 Å². The van der Waals surface area contributed by atoms with Crippen molar-refractivity contribution in [2.45, 2.75) is 196 Å². The molecule has 15 bridgehead atoms. The molecule has 31 nitrogen and oxygen atoms in total. The Bertz CT molecular complexity index is 4390. The second-order valence-corrected chi connectivity index (χ2v) is 31.7. The number of primary amides is 1. The maximum absolute atomic E-state index is 16.2. The van der Waals surface area contributed by atoms with Gasteiger partial charge in [0.15, 0.2) is 11.5 Å². The van der Waals surface area contributed by atoms with E-state index in [0.29, 0.717) is 24.2 Å². The largest absolute Gasteiger partial charge is 0.508 e. The van der Waals surface area contributed by atoms with E-state index < -0.39 is 191 Å². The van der Waals surface area contributed by atoms with Crippen LogP contribution in [0.3, 0.4) is 0 Å². The summed E-state index contributed by atoms with van der Waals surface area (Å²) in [6.45, 7) is 7.42. The number of aliphatic hydroxyl groups is 5. The van der Waals surface area contributed by atoms with Crippen LogP contribution in [0.25, 0.3) is 11.1 Å². The van der Waals surface area contributed by atoms with Crippen LogP contribution in [0.15, 0.2) is 78.9 Å². The molecule has 0 spiro atoms. The first-order valence-electron chi connectivity index (χ1n) is 37.4. The van der Waals surface area contributed by atoms with Crippen molar-refractivity contribution in [1.29, 1.82) is 0 Å². The van der Waals surface area contributed by atoms with Crippen molar-refractivity contribution in [2.24, 2.45) is 41.2 Å². The molecule has 5 fully saturated rings. The minimum atomic E-state index is -2.30. The van der Waals surface area contributed by atoms with Crippen molar-refractivity contribution in [2.75, 3.05) is 13.6 Å². The molecule has 4 saturated carbocycles. The topological polar surface area (TPSA) is 487 Å². The molecule has 15 rings (SSSR count). The quantitative estimate of drug-likeness (QED) is 0.0508. The minimum Gasteiger partial charge on any atom is -0.508 e. The van der Waals surface area contributed by atoms with Crippen molar-refractivity contribution < 1.29 is 103 Å². The molecule has 5 aromatic carbocycles. The summed E-state index contributed by atoms with van der Waals surface area (Å²) in [6, 6.07) is 0.730. The Morgan fingerprint density at radius 2 is 1.23 bits per heavy atom. The van der Waals surface area contributed by atoms with Crippen molar-refractivity contribution in [3.63, 3.8) is 0 Å². The van der Waals surface area contributed by atoms with Gasteiger partial charge in [-0.25, -0.2) is 0 Å². The highest BCUT2D eigenvalue weighted by Crippen LogP contribution is 2.55. The van der Waals surface area contributed by atoms with Gasteiger partial charge in [-0.1, -0.05) is 88.4 Å². The number of phenols is 3. The molecule has 6 aliphatic heterocycles. The Morgan fingerprint density at radius 3 is 1.84 bits per heavy atom. The Kier molecular flexibility index (Phi) is 24.9. The second-order valence-electron chi connectivity index (χ2n) is 30.9. The lowest BCUT2D eigenvalue weighted by Crippen LogP contribution is -2.61. The van der Waals surface area contributed by atoms with Crippen LogP contribution in [-0.4, -0.2) is 169 Å². The van der Waals surface area contributed by atoms with Gasteiger partial charge in [-0.15, -0.1) is 0 Å². The number of phenolic OH excluding ortho intramolecular Hbond substituents is 3. The second kappa shape index (κ2) is 34.2. The van der Waals surface area contributed by atoms with Gasteiger partial charge in [0.2, 0.25) is 65.2 Å². The number of carbonyl (C=O) groups is 9. The van der Waals surface area contributed by atoms with Gasteiger partial charge in [-0.05, 0) is 170 Å². The zero-order valence-corrected chi connectivity index (χ0v) is 63.1. The van der Waals surface area contributed by atoms with E-state index in [1.807, 2.05) is 13.8 Å². The number of halogens is 2. The van der Waals surface area contributed by atoms with Gasteiger partial charge in [0.05, 0.1) is 22.5 Å². The summed E-state index contributed by atoms with van der Waals surface area (Å²) in [7, 11) is 1.49. The molecule has 6 heterocycles. The van der Waals surface area contributed by atoms with E-state index in [4.69, 9.17) is 47.9 Å². The summed E-state index contributed by atoms with van der Waals surface area (Å²) < 4.78 is 26.0. The molecule has 33 heteroatoms. The van der Waals surface area contributed by atoms with E-state index in [1.54, 1.807) is 0 Å². The highest BCUT2D eigenvalue weighted by molar-refractivity contribution is 6.32. The Morgan fingerprint density at radius 1 is 0.613 bits per heavy atom. The molecular formula is C78H94Cl2N10O21. The number of likely N-dealkylation sites (N-methyl/N-ethyl adjacent to an activating group) is 1. The van der Waals surface area contributed by atoms with Crippen LogP contribution >= 0.6 is 23.2 Å². The fraction of sp³-hybridized carbons (Fsp3) is 0.500. The fourth-order valence-electron chi connectivity index (χ4n) is 16.5. The monoisotopic (exact) mass is 1580 g/mol. The molecule has 596 valence electrons. The maximum atomic E-state index is 16.2. The van der Waals surface area contributed by atoms with Crippen molar-refractivity contribution >= 4 is 76.4 Å². The van der Waals surface area contributed by atoms with Gasteiger partial charge in [-0.2, -0.15) is 0 Å². The molecule has 9 amide bonds. The fourth-order valence-corrected chi connectivity index (χ4v) is 16.9. The standard InChI is InChI=1S/C78H94Cl2N10O21/c1-32(2)9-7-6-8-10-57(95)83-31-55-67(98)68(99)69(100)78(110-55)111-70-53-26-41-27-54(70)109-52-16-13-38(25-46(52)80)66(97)64-77(107)88-62(75(105)85-59-39-19-34-18-35(21-39)22-40(59)20-34)44-28-42(91)29-50(93)58(44)43-23-36(11-14-49(43)92)60(73(103)90-64)87-74(104)61(41)86-72(102)48(30-56(81)94)84-76(106)63(89-71(101)47(82-5)17-33(3)4)65(96)37-12-15-51(108-53)45(79)24-37/h11-16,23-29,32-35,39-40,47-48,55,59-69,78,82,91-93,96-100H,6-10,17-22,30-31H2,1-5H3,(H2,81,94)(H,83,95)(H,84,106)(H,85,105)(H,86,102)(H,87,104)(H,88,107)(H,89,101)(H,90,103)/t34?,35?,39?,40?,47-,48+,55+,59?,60-,61-,62+,63-,64+,65-,66-,67+,68-,69+,78-/m1/s1. The lowest BCUT2D eigenvalue weighted by atomic mass is 9.54. The minimum absolute atomic E-state index is 0.0814. The summed E-state index contributed by atoms with van der Waals surface area (Å²) in [5, 5.41) is 119. The third kappa shape index (κ3) is 18.0. The van der Waals surface area contributed by atoms with E-state index in [2.05, 4.69) is 61.7 Å². The molecule has 10 aliphatic rings. The number of amides is 9. The normalized spacial score (nSPS) is 28.6. The van der Waals surface area contributed by atoms with Gasteiger partial charge >= 0.3 is 0 Å². The summed E-state index contributed by atoms with van der Waals surface area (Å²) in [5.41, 5.74) is 3.80. The van der Waals surface area contributed by atoms with Crippen LogP contribution in [0.4, 0.5) is 0 Å². The number of aromatic hydroxyl groups is 3. The van der Waals surface area contributed by atoms with Crippen molar-refractivity contribution in [3.05, 3.63) is 117 Å². The van der Waals surface area contributed by atoms with Crippen LogP contribution < -0.4 is 67.8 Å². The number of benzene rings is 5. The number of rotatable bonds is 19. The van der Waals surface area contributed by atoms with Gasteiger partial charge in [-0.3, -0.25) is 43.2 Å². The van der Waals surface area contributed by atoms with E-state index in [-0.39, 0.29) is 91.6 Å². The van der Waals surface area contributed by atoms with Crippen molar-refractivity contribution in [3.8, 4) is 57.1 Å². The summed E-state index contributed by atoms with van der Waals surface area (Å²) >= 11 is 14.3. The summed E-state index contributed by atoms with van der Waals surface area (Å²) in [4.78, 5) is 134. The number of ether oxygens (including phenoxy) is 4. The smallest absolute Gasteiger partial charge is 0.248 e. The number of hydrogen-bond acceptors (Lipinski definition) is 22. The lowest BCUT2D eigenvalue weighted by Gasteiger charge is -2.54. The number of aliphatic hydroxyl groups excluding tert-OH is 5. The van der Waals surface area contributed by atoms with Crippen LogP contribution in [-0.2, 0) is 47.9 Å². The summed E-state index contributed by atoms with van der Waals surface area (Å²) in [6.07, 6.45) is -6.91. The van der Waals surface area contributed by atoms with E-state index in [0.717, 1.165) is 106 Å². The molecule has 14 atom stereocenters. The number of fused-ring (bicyclic) bond motifs is 15. The Labute approximate surface area is 648 Å². The maximum Gasteiger partial charge on any atom is 0.248 e. The van der Waals surface area contributed by atoms with Crippen LogP contribution in [0, 0.1) is 35.5 Å². The van der Waals surface area contributed by atoms with Crippen LogP contribution in [0.5, 0.6) is 46.0 Å². The molecule has 0 unspecified atom stereocenters. The molecule has 0 radical (unpaired) electrons. The lowest BCUT2D eigenvalue weighted by molar-refractivity contribution is -0.271. The number of unbranched alkanes of at least 4 members (excludes halogenated alkanes) is 2. The Hall–Kier alpha value is -9.57. The van der Waals surface area contributed by atoms with Gasteiger partial charge < -0.3 is 113 Å². The zero-order chi connectivity index (χ0) is 79.7. The highest BCUT2D eigenvalue weighted by Gasteiger charge is 2.51. The molecule has 1 saturated heterocycles. The first kappa shape index (κ1) is 80.9. The van der Waals surface area contributed by atoms with E-state index in [9.17, 15) is 60.0 Å². The number of nitrogens with two attached hydrogens (primary N) is 1. The van der Waals surface area contributed by atoms with Crippen molar-refractivity contribution in [1.82, 2.24) is 47.9 Å². The van der Waals surface area contributed by atoms with Gasteiger partial charge in [0.25, 0.3) is 0 Å². The average molecular weight is 1580 g/mol. The summed E-state index contributed by atoms with van der Waals surface area (Å²) in [5.74, 6) is -12.8. The average Bonchev–Trinajstić information content (AvgIpc) is 0.759. The molecule has 5 aromatic rings. The van der Waals surface area contributed by atoms with E-state index >= 15 is 24.0 Å². The zero-order valence-electron chi connectivity index (χ0n) is 61.5. The van der Waals surface area contributed by atoms with Gasteiger partial charge in [0.1, 0.15) is 102 Å². The SMILES string of the molecule is CN[C@H](CC(C)C)C(=O)N[C@H]1C(=O)N[C@@H](CC(N)=O)C(=O)N[C@H]2C(=O)N[C@H]3C(=O)N[C@H](C(=O)N[C@H](C(=O)NC4C5CC6CC(C5)CC4C6)c4cc(O)cc(O)c4-c4cc3ccc4O)[C@H](O)c3ccc(c(Cl)c3)Oc3cc2cc(c3O[C@H]2O[C@@H](CNC(=O)CCCCCC(C)C)[C@H](O)[C@@H](O)[C@@H]2O)Oc2ccc(cc2Cl)[C@H]1O. The van der Waals surface area contributed by atoms with Gasteiger partial charge in [0, 0.05) is 36.2 Å². The predicted octanol–water partition coefficient (Wildman–Crippen LogP) is 4.46. The Balaban J connectivity index is 1.03. The number of nitrogens with one attached hydrogen (secondary N) is 9. The predicted molar refractivity (Wildman–Crippen MR) is 398 cm³/mol. The third-order valence-electron chi connectivity index (χ3n) is 22.0. The van der Waals surface area contributed by atoms with E-state index in [1.165, 1.54) is 31.3 Å². The first-order chi connectivity index (χ1) is 52.8. The number of hydrogen-bond donors (Lipinski definition) is 18. The third-order valence-corrected chi connectivity index (χ3v) is 22.5. The molecule has 19 N–H and O–H groups in total. The molecular weight excluding hydrogens is 1480 g/mol. The molecule has 4 aliphatic carbocycles. The molecule has 111 heavy (non-hydrogen) atoms.